The number of benzene rings is 1. The number of rotatable bonds is 8. The minimum atomic E-state index is -0.580. The number of carbonyl (C=O) groups excluding carboxylic acids is 2. The Kier molecular flexibility index (Phi) is 7.40. The summed E-state index contributed by atoms with van der Waals surface area (Å²) in [5.74, 6) is 0.970. The molecule has 7 heteroatoms. The van der Waals surface area contributed by atoms with Crippen LogP contribution >= 0.6 is 11.8 Å². The maximum Gasteiger partial charge on any atom is 0.251 e. The molecule has 2 N–H and O–H groups in total. The molecule has 0 aliphatic carbocycles. The van der Waals surface area contributed by atoms with Crippen molar-refractivity contribution in [2.45, 2.75) is 25.9 Å². The molecular weight excluding hydrogens is 336 g/mol. The molecule has 0 fully saturated rings. The molecule has 25 heavy (non-hydrogen) atoms. The Morgan fingerprint density at radius 3 is 2.64 bits per heavy atom. The number of aryl methyl sites for hydroxylation is 1. The van der Waals surface area contributed by atoms with Crippen LogP contribution in [0, 0.1) is 6.92 Å². The molecule has 1 aromatic heterocycles. The van der Waals surface area contributed by atoms with Gasteiger partial charge in [-0.05, 0) is 43.6 Å². The zero-order valence-electron chi connectivity index (χ0n) is 14.4. The first-order valence-electron chi connectivity index (χ1n) is 8.01. The summed E-state index contributed by atoms with van der Waals surface area (Å²) in [6.45, 7) is 2.10. The Balaban J connectivity index is 1.97. The number of nitrogens with one attached hydrogen (secondary N) is 2. The maximum atomic E-state index is 12.5. The van der Waals surface area contributed by atoms with E-state index in [0.29, 0.717) is 24.4 Å². The molecule has 0 aliphatic heterocycles. The molecule has 0 radical (unpaired) electrons. The van der Waals surface area contributed by atoms with Crippen LogP contribution < -0.4 is 10.6 Å². The molecule has 1 heterocycles. The molecular formula is C18H22N4O2S. The molecule has 1 unspecified atom stereocenters. The van der Waals surface area contributed by atoms with Gasteiger partial charge >= 0.3 is 0 Å². The molecule has 0 saturated heterocycles. The molecule has 0 bridgehead atoms. The lowest BCUT2D eigenvalue weighted by Crippen LogP contribution is -2.47. The first-order chi connectivity index (χ1) is 12.1. The third-order valence-electron chi connectivity index (χ3n) is 3.55. The van der Waals surface area contributed by atoms with Gasteiger partial charge in [-0.15, -0.1) is 0 Å². The van der Waals surface area contributed by atoms with Crippen molar-refractivity contribution in [1.29, 1.82) is 0 Å². The molecule has 0 aliphatic rings. The fraction of sp³-hybridized carbons (Fsp3) is 0.333. The molecule has 6 nitrogen and oxygen atoms in total. The van der Waals surface area contributed by atoms with Gasteiger partial charge in [0.2, 0.25) is 5.91 Å². The van der Waals surface area contributed by atoms with Gasteiger partial charge in [-0.1, -0.05) is 18.2 Å². The summed E-state index contributed by atoms with van der Waals surface area (Å²) in [6.07, 6.45) is 4.19. The lowest BCUT2D eigenvalue weighted by Gasteiger charge is -2.18. The van der Waals surface area contributed by atoms with Crippen molar-refractivity contribution in [2.24, 2.45) is 0 Å². The number of amides is 2. The van der Waals surface area contributed by atoms with E-state index in [9.17, 15) is 9.59 Å². The van der Waals surface area contributed by atoms with E-state index < -0.39 is 6.04 Å². The molecule has 2 rings (SSSR count). The highest BCUT2D eigenvalue weighted by Crippen LogP contribution is 2.05. The van der Waals surface area contributed by atoms with Crippen molar-refractivity contribution in [3.63, 3.8) is 0 Å². The second-order valence-corrected chi connectivity index (χ2v) is 6.47. The van der Waals surface area contributed by atoms with Crippen LogP contribution in [0.4, 0.5) is 0 Å². The molecule has 0 saturated carbocycles. The molecule has 1 aromatic carbocycles. The molecule has 1 atom stereocenters. The number of hydrogen-bond donors (Lipinski definition) is 2. The topological polar surface area (TPSA) is 84.0 Å². The van der Waals surface area contributed by atoms with Crippen LogP contribution in [0.5, 0.6) is 0 Å². The van der Waals surface area contributed by atoms with Crippen molar-refractivity contribution < 1.29 is 9.59 Å². The van der Waals surface area contributed by atoms with E-state index in [0.717, 1.165) is 11.4 Å². The van der Waals surface area contributed by atoms with E-state index in [1.807, 2.05) is 12.3 Å². The largest absolute Gasteiger partial charge is 0.349 e. The molecule has 2 aromatic rings. The van der Waals surface area contributed by atoms with Crippen LogP contribution in [0.3, 0.4) is 0 Å². The predicted octanol–water partition coefficient (Wildman–Crippen LogP) is 1.95. The van der Waals surface area contributed by atoms with Gasteiger partial charge in [0.25, 0.3) is 5.91 Å². The highest BCUT2D eigenvalue weighted by molar-refractivity contribution is 7.98. The quantitative estimate of drug-likeness (QED) is 0.753. The van der Waals surface area contributed by atoms with Gasteiger partial charge in [-0.25, -0.2) is 9.97 Å². The van der Waals surface area contributed by atoms with Gasteiger partial charge in [0.15, 0.2) is 0 Å². The van der Waals surface area contributed by atoms with Crippen LogP contribution in [-0.2, 0) is 11.3 Å². The van der Waals surface area contributed by atoms with Gasteiger partial charge in [0.1, 0.15) is 11.9 Å². The van der Waals surface area contributed by atoms with E-state index in [2.05, 4.69) is 20.6 Å². The van der Waals surface area contributed by atoms with Crippen molar-refractivity contribution in [3.05, 3.63) is 59.7 Å². The maximum absolute atomic E-state index is 12.5. The van der Waals surface area contributed by atoms with E-state index in [-0.39, 0.29) is 11.8 Å². The smallest absolute Gasteiger partial charge is 0.251 e. The summed E-state index contributed by atoms with van der Waals surface area (Å²) in [5.41, 5.74) is 1.27. The van der Waals surface area contributed by atoms with E-state index in [4.69, 9.17) is 0 Å². The van der Waals surface area contributed by atoms with Crippen molar-refractivity contribution in [3.8, 4) is 0 Å². The SMILES string of the molecule is CSCCC(NC(=O)c1ccccc1)C(=O)NCc1ccnc(C)n1. The minimum absolute atomic E-state index is 0.213. The van der Waals surface area contributed by atoms with Crippen LogP contribution in [0.1, 0.15) is 28.3 Å². The minimum Gasteiger partial charge on any atom is -0.349 e. The average Bonchev–Trinajstić information content (AvgIpc) is 2.63. The lowest BCUT2D eigenvalue weighted by atomic mass is 10.1. The Labute approximate surface area is 151 Å². The number of thioether (sulfide) groups is 1. The summed E-state index contributed by atoms with van der Waals surface area (Å²) in [6, 6.07) is 10.1. The Bertz CT molecular complexity index is 709. The second-order valence-electron chi connectivity index (χ2n) is 5.49. The van der Waals surface area contributed by atoms with Gasteiger partial charge in [0.05, 0.1) is 12.2 Å². The summed E-state index contributed by atoms with van der Waals surface area (Å²) in [5, 5.41) is 5.66. The Hall–Kier alpha value is -2.41. The summed E-state index contributed by atoms with van der Waals surface area (Å²) < 4.78 is 0. The number of aromatic nitrogens is 2. The summed E-state index contributed by atoms with van der Waals surface area (Å²) >= 11 is 1.63. The predicted molar refractivity (Wildman–Crippen MR) is 99.3 cm³/mol. The Morgan fingerprint density at radius 2 is 1.96 bits per heavy atom. The standard InChI is InChI=1S/C18H22N4O2S/c1-13-19-10-8-15(21-13)12-20-18(24)16(9-11-25-2)22-17(23)14-6-4-3-5-7-14/h3-8,10,16H,9,11-12H2,1-2H3,(H,20,24)(H,22,23). The lowest BCUT2D eigenvalue weighted by molar-refractivity contribution is -0.123. The van der Waals surface area contributed by atoms with E-state index >= 15 is 0 Å². The van der Waals surface area contributed by atoms with Gasteiger partial charge < -0.3 is 10.6 Å². The van der Waals surface area contributed by atoms with Gasteiger partial charge in [-0.2, -0.15) is 11.8 Å². The molecule has 0 spiro atoms. The van der Waals surface area contributed by atoms with Crippen LogP contribution in [0.25, 0.3) is 0 Å². The number of hydrogen-bond acceptors (Lipinski definition) is 5. The molecule has 2 amide bonds. The van der Waals surface area contributed by atoms with Crippen LogP contribution in [0.2, 0.25) is 0 Å². The first-order valence-corrected chi connectivity index (χ1v) is 9.40. The third-order valence-corrected chi connectivity index (χ3v) is 4.19. The monoisotopic (exact) mass is 358 g/mol. The summed E-state index contributed by atoms with van der Waals surface area (Å²) in [7, 11) is 0. The highest BCUT2D eigenvalue weighted by Gasteiger charge is 2.21. The second kappa shape index (κ2) is 9.78. The van der Waals surface area contributed by atoms with E-state index in [1.165, 1.54) is 0 Å². The van der Waals surface area contributed by atoms with Crippen LogP contribution in [-0.4, -0.2) is 39.8 Å². The van der Waals surface area contributed by atoms with E-state index in [1.54, 1.807) is 55.2 Å². The van der Waals surface area contributed by atoms with Crippen LogP contribution in [0.15, 0.2) is 42.6 Å². The van der Waals surface area contributed by atoms with Crippen molar-refractivity contribution in [2.75, 3.05) is 12.0 Å². The number of carbonyl (C=O) groups is 2. The normalized spacial score (nSPS) is 11.6. The fourth-order valence-corrected chi connectivity index (χ4v) is 2.71. The average molecular weight is 358 g/mol. The van der Waals surface area contributed by atoms with Gasteiger partial charge in [0, 0.05) is 11.8 Å². The summed E-state index contributed by atoms with van der Waals surface area (Å²) in [4.78, 5) is 33.1. The Morgan fingerprint density at radius 1 is 1.20 bits per heavy atom. The third kappa shape index (κ3) is 6.19. The zero-order chi connectivity index (χ0) is 18.1. The fourth-order valence-electron chi connectivity index (χ4n) is 2.24. The highest BCUT2D eigenvalue weighted by atomic mass is 32.2. The van der Waals surface area contributed by atoms with Crippen molar-refractivity contribution in [1.82, 2.24) is 20.6 Å². The van der Waals surface area contributed by atoms with Gasteiger partial charge in [-0.3, -0.25) is 9.59 Å². The molecule has 132 valence electrons. The first kappa shape index (κ1) is 18.9. The van der Waals surface area contributed by atoms with Crippen molar-refractivity contribution >= 4 is 23.6 Å². The zero-order valence-corrected chi connectivity index (χ0v) is 15.2. The number of nitrogens with zero attached hydrogens (tertiary/aromatic N) is 2.